The second-order valence-electron chi connectivity index (χ2n) is 6.33. The van der Waals surface area contributed by atoms with Crippen LogP contribution >= 0.6 is 11.9 Å². The number of nitrogens with one attached hydrogen (secondary N) is 3. The molecule has 0 unspecified atom stereocenters. The van der Waals surface area contributed by atoms with Crippen molar-refractivity contribution >= 4 is 45.9 Å². The summed E-state index contributed by atoms with van der Waals surface area (Å²) in [5.74, 6) is 0.717. The Morgan fingerprint density at radius 3 is 2.68 bits per heavy atom. The summed E-state index contributed by atoms with van der Waals surface area (Å²) in [6, 6.07) is 18.1. The SMILES string of the molecule is CN/C=C(\C=N)SNc1nc(-c2ccccc2C)cc2oc3ccccc3c12. The van der Waals surface area contributed by atoms with Gasteiger partial charge in [0.1, 0.15) is 17.0 Å². The molecule has 4 aromatic rings. The summed E-state index contributed by atoms with van der Waals surface area (Å²) >= 11 is 1.34. The van der Waals surface area contributed by atoms with Crippen molar-refractivity contribution in [1.82, 2.24) is 10.3 Å². The van der Waals surface area contributed by atoms with Gasteiger partial charge in [-0.1, -0.05) is 42.5 Å². The second-order valence-corrected chi connectivity index (χ2v) is 7.21. The standard InChI is InChI=1S/C22H20N4OS/c1-14-7-3-4-8-16(14)18-11-20-21(17-9-5-6-10-19(17)27-20)22(25-18)26-28-15(12-23)13-24-2/h3-13,23-24H,1-2H3,(H,25,26)/b15-13+,23-12?. The summed E-state index contributed by atoms with van der Waals surface area (Å²) in [6.07, 6.45) is 3.06. The van der Waals surface area contributed by atoms with E-state index in [2.05, 4.69) is 29.1 Å². The fourth-order valence-corrected chi connectivity index (χ4v) is 3.76. The summed E-state index contributed by atoms with van der Waals surface area (Å²) in [6.45, 7) is 2.07. The Hall–Kier alpha value is -3.25. The Labute approximate surface area is 167 Å². The van der Waals surface area contributed by atoms with Gasteiger partial charge in [0.05, 0.1) is 16.0 Å². The quantitative estimate of drug-likeness (QED) is 0.291. The second kappa shape index (κ2) is 7.78. The molecule has 0 radical (unpaired) electrons. The molecule has 0 spiro atoms. The van der Waals surface area contributed by atoms with Crippen molar-refractivity contribution < 1.29 is 4.42 Å². The number of allylic oxidation sites excluding steroid dienone is 1. The van der Waals surface area contributed by atoms with E-state index < -0.39 is 0 Å². The third kappa shape index (κ3) is 3.34. The number of hydrogen-bond donors (Lipinski definition) is 3. The Balaban J connectivity index is 1.90. The molecular formula is C22H20N4OS. The predicted octanol–water partition coefficient (Wildman–Crippen LogP) is 5.73. The molecule has 0 saturated carbocycles. The highest BCUT2D eigenvalue weighted by molar-refractivity contribution is 8.05. The van der Waals surface area contributed by atoms with Gasteiger partial charge in [0.15, 0.2) is 0 Å². The van der Waals surface area contributed by atoms with E-state index in [1.807, 2.05) is 49.5 Å². The van der Waals surface area contributed by atoms with Gasteiger partial charge in [0, 0.05) is 36.5 Å². The molecule has 28 heavy (non-hydrogen) atoms. The average Bonchev–Trinajstić information content (AvgIpc) is 3.09. The van der Waals surface area contributed by atoms with Gasteiger partial charge in [-0.25, -0.2) is 4.98 Å². The van der Waals surface area contributed by atoms with Gasteiger partial charge in [-0.2, -0.15) is 0 Å². The van der Waals surface area contributed by atoms with E-state index in [0.29, 0.717) is 0 Å². The minimum atomic E-state index is 0.717. The summed E-state index contributed by atoms with van der Waals surface area (Å²) in [5, 5.41) is 12.5. The van der Waals surface area contributed by atoms with Gasteiger partial charge in [0.25, 0.3) is 0 Å². The van der Waals surface area contributed by atoms with E-state index in [1.54, 1.807) is 6.20 Å². The first-order valence-corrected chi connectivity index (χ1v) is 9.72. The topological polar surface area (TPSA) is 73.9 Å². The maximum absolute atomic E-state index is 7.57. The van der Waals surface area contributed by atoms with Crippen LogP contribution in [0.5, 0.6) is 0 Å². The molecule has 0 amide bonds. The van der Waals surface area contributed by atoms with E-state index in [0.717, 1.165) is 49.5 Å². The Morgan fingerprint density at radius 2 is 1.89 bits per heavy atom. The molecule has 140 valence electrons. The normalized spacial score (nSPS) is 11.7. The molecule has 3 N–H and O–H groups in total. The number of aromatic nitrogens is 1. The highest BCUT2D eigenvalue weighted by Gasteiger charge is 2.16. The van der Waals surface area contributed by atoms with Crippen LogP contribution in [0, 0.1) is 12.3 Å². The summed E-state index contributed by atoms with van der Waals surface area (Å²) in [7, 11) is 1.81. The van der Waals surface area contributed by atoms with Gasteiger partial charge in [-0.3, -0.25) is 0 Å². The number of hydrogen-bond acceptors (Lipinski definition) is 6. The number of anilines is 1. The Morgan fingerprint density at radius 1 is 1.11 bits per heavy atom. The third-order valence-electron chi connectivity index (χ3n) is 4.48. The zero-order chi connectivity index (χ0) is 19.5. The Bertz CT molecular complexity index is 1200. The van der Waals surface area contributed by atoms with Gasteiger partial charge in [-0.15, -0.1) is 0 Å². The molecule has 0 bridgehead atoms. The molecule has 0 fully saturated rings. The van der Waals surface area contributed by atoms with E-state index >= 15 is 0 Å². The molecule has 0 atom stereocenters. The highest BCUT2D eigenvalue weighted by Crippen LogP contribution is 2.37. The summed E-state index contributed by atoms with van der Waals surface area (Å²) in [5.41, 5.74) is 4.68. The zero-order valence-corrected chi connectivity index (χ0v) is 16.4. The van der Waals surface area contributed by atoms with Crippen LogP contribution in [-0.4, -0.2) is 18.2 Å². The van der Waals surface area contributed by atoms with Crippen molar-refractivity contribution in [3.8, 4) is 11.3 Å². The lowest BCUT2D eigenvalue weighted by Crippen LogP contribution is -1.99. The van der Waals surface area contributed by atoms with Crippen LogP contribution in [0.2, 0.25) is 0 Å². The van der Waals surface area contributed by atoms with Crippen LogP contribution < -0.4 is 10.0 Å². The van der Waals surface area contributed by atoms with Crippen molar-refractivity contribution in [2.75, 3.05) is 11.8 Å². The molecule has 4 rings (SSSR count). The molecule has 5 nitrogen and oxygen atoms in total. The number of pyridine rings is 1. The zero-order valence-electron chi connectivity index (χ0n) is 15.6. The van der Waals surface area contributed by atoms with E-state index in [4.69, 9.17) is 14.8 Å². The van der Waals surface area contributed by atoms with E-state index in [1.165, 1.54) is 18.2 Å². The lowest BCUT2D eigenvalue weighted by molar-refractivity contribution is 0.669. The molecule has 0 saturated heterocycles. The Kier molecular flexibility index (Phi) is 5.04. The predicted molar refractivity (Wildman–Crippen MR) is 119 cm³/mol. The molecule has 2 heterocycles. The van der Waals surface area contributed by atoms with Crippen LogP contribution in [0.25, 0.3) is 33.2 Å². The number of para-hydroxylation sites is 1. The largest absolute Gasteiger partial charge is 0.456 e. The van der Waals surface area contributed by atoms with Gasteiger partial charge < -0.3 is 19.9 Å². The van der Waals surface area contributed by atoms with Crippen molar-refractivity contribution in [2.24, 2.45) is 0 Å². The number of furan rings is 1. The van der Waals surface area contributed by atoms with Crippen molar-refractivity contribution in [2.45, 2.75) is 6.92 Å². The number of fused-ring (bicyclic) bond motifs is 3. The molecule has 0 aliphatic heterocycles. The lowest BCUT2D eigenvalue weighted by Gasteiger charge is -2.10. The highest BCUT2D eigenvalue weighted by atomic mass is 32.2. The molecular weight excluding hydrogens is 368 g/mol. The average molecular weight is 388 g/mol. The lowest BCUT2D eigenvalue weighted by atomic mass is 10.0. The first kappa shape index (κ1) is 18.1. The molecule has 2 aromatic heterocycles. The van der Waals surface area contributed by atoms with E-state index in [9.17, 15) is 0 Å². The minimum absolute atomic E-state index is 0.717. The molecule has 0 aliphatic rings. The maximum Gasteiger partial charge on any atom is 0.148 e. The number of rotatable bonds is 6. The molecule has 0 aliphatic carbocycles. The minimum Gasteiger partial charge on any atom is -0.456 e. The van der Waals surface area contributed by atoms with E-state index in [-0.39, 0.29) is 0 Å². The maximum atomic E-state index is 7.57. The van der Waals surface area contributed by atoms with Gasteiger partial charge >= 0.3 is 0 Å². The molecule has 2 aromatic carbocycles. The van der Waals surface area contributed by atoms with Gasteiger partial charge in [0.2, 0.25) is 0 Å². The van der Waals surface area contributed by atoms with Crippen LogP contribution in [-0.2, 0) is 0 Å². The number of aryl methyl sites for hydroxylation is 1. The molecule has 6 heteroatoms. The smallest absolute Gasteiger partial charge is 0.148 e. The first-order chi connectivity index (χ1) is 13.7. The van der Waals surface area contributed by atoms with Crippen molar-refractivity contribution in [1.29, 1.82) is 5.41 Å². The van der Waals surface area contributed by atoms with Crippen LogP contribution in [0.1, 0.15) is 5.56 Å². The summed E-state index contributed by atoms with van der Waals surface area (Å²) in [4.78, 5) is 5.65. The fourth-order valence-electron chi connectivity index (χ4n) is 3.17. The van der Waals surface area contributed by atoms with Crippen molar-refractivity contribution in [3.63, 3.8) is 0 Å². The van der Waals surface area contributed by atoms with Crippen LogP contribution in [0.3, 0.4) is 0 Å². The first-order valence-electron chi connectivity index (χ1n) is 8.90. The van der Waals surface area contributed by atoms with Crippen LogP contribution in [0.4, 0.5) is 5.82 Å². The third-order valence-corrected chi connectivity index (χ3v) is 5.24. The number of nitrogens with zero attached hydrogens (tertiary/aromatic N) is 1. The van der Waals surface area contributed by atoms with Crippen LogP contribution in [0.15, 0.2) is 70.1 Å². The van der Waals surface area contributed by atoms with Gasteiger partial charge in [-0.05, 0) is 30.5 Å². The monoisotopic (exact) mass is 388 g/mol. The number of benzene rings is 2. The summed E-state index contributed by atoms with van der Waals surface area (Å²) < 4.78 is 9.43. The van der Waals surface area contributed by atoms with Crippen molar-refractivity contribution in [3.05, 3.63) is 71.3 Å². The fraction of sp³-hybridized carbons (Fsp3) is 0.0909.